The van der Waals surface area contributed by atoms with Crippen LogP contribution in [0.2, 0.25) is 0 Å². The van der Waals surface area contributed by atoms with Crippen molar-refractivity contribution < 1.29 is 0 Å². The van der Waals surface area contributed by atoms with Crippen molar-refractivity contribution in [2.45, 2.75) is 25.8 Å². The van der Waals surface area contributed by atoms with Crippen LogP contribution in [-0.4, -0.2) is 6.54 Å². The zero-order valence-corrected chi connectivity index (χ0v) is 8.01. The van der Waals surface area contributed by atoms with Crippen molar-refractivity contribution >= 4 is 5.69 Å². The predicted octanol–water partition coefficient (Wildman–Crippen LogP) is 2.00. The van der Waals surface area contributed by atoms with Gasteiger partial charge in [-0.3, -0.25) is 0 Å². The molecule has 2 nitrogen and oxygen atoms in total. The number of aryl methyl sites for hydroxylation is 1. The van der Waals surface area contributed by atoms with Gasteiger partial charge in [-0.15, -0.1) is 0 Å². The van der Waals surface area contributed by atoms with Gasteiger partial charge in [0.1, 0.15) is 0 Å². The monoisotopic (exact) mass is 176 g/mol. The third kappa shape index (κ3) is 1.68. The van der Waals surface area contributed by atoms with E-state index in [-0.39, 0.29) is 0 Å². The van der Waals surface area contributed by atoms with Gasteiger partial charge < -0.3 is 11.1 Å². The summed E-state index contributed by atoms with van der Waals surface area (Å²) in [6, 6.07) is 6.88. The summed E-state index contributed by atoms with van der Waals surface area (Å²) in [5.74, 6) is 0. The van der Waals surface area contributed by atoms with Crippen LogP contribution in [0.3, 0.4) is 0 Å². The van der Waals surface area contributed by atoms with E-state index in [1.165, 1.54) is 24.0 Å². The Morgan fingerprint density at radius 3 is 2.92 bits per heavy atom. The van der Waals surface area contributed by atoms with Crippen molar-refractivity contribution in [2.75, 3.05) is 12.3 Å². The van der Waals surface area contributed by atoms with E-state index in [2.05, 4.69) is 24.4 Å². The SMILES string of the molecule is Cc1cc(C2CCCN2)ccc1N. The molecule has 0 radical (unpaired) electrons. The molecule has 3 N–H and O–H groups in total. The van der Waals surface area contributed by atoms with E-state index in [1.54, 1.807) is 0 Å². The number of rotatable bonds is 1. The molecule has 0 aliphatic carbocycles. The summed E-state index contributed by atoms with van der Waals surface area (Å²) in [5.41, 5.74) is 9.22. The molecule has 0 saturated carbocycles. The van der Waals surface area contributed by atoms with Crippen molar-refractivity contribution in [1.82, 2.24) is 5.32 Å². The molecule has 2 heteroatoms. The second-order valence-corrected chi connectivity index (χ2v) is 3.76. The highest BCUT2D eigenvalue weighted by atomic mass is 14.9. The number of nitrogens with two attached hydrogens (primary N) is 1. The largest absolute Gasteiger partial charge is 0.399 e. The zero-order valence-electron chi connectivity index (χ0n) is 8.01. The quantitative estimate of drug-likeness (QED) is 0.642. The number of nitrogen functional groups attached to an aromatic ring is 1. The molecule has 70 valence electrons. The van der Waals surface area contributed by atoms with Crippen LogP contribution in [0.25, 0.3) is 0 Å². The Kier molecular flexibility index (Phi) is 2.23. The molecule has 0 amide bonds. The van der Waals surface area contributed by atoms with Crippen LogP contribution in [0.5, 0.6) is 0 Å². The van der Waals surface area contributed by atoms with E-state index >= 15 is 0 Å². The first-order valence-corrected chi connectivity index (χ1v) is 4.87. The number of nitrogens with one attached hydrogen (secondary N) is 1. The van der Waals surface area contributed by atoms with Gasteiger partial charge >= 0.3 is 0 Å². The molecular formula is C11H16N2. The lowest BCUT2D eigenvalue weighted by molar-refractivity contribution is 0.647. The normalized spacial score (nSPS) is 22.1. The molecule has 1 fully saturated rings. The number of hydrogen-bond donors (Lipinski definition) is 2. The van der Waals surface area contributed by atoms with E-state index in [4.69, 9.17) is 5.73 Å². The molecule has 1 atom stereocenters. The number of hydrogen-bond acceptors (Lipinski definition) is 2. The summed E-state index contributed by atoms with van der Waals surface area (Å²) in [6.45, 7) is 3.21. The van der Waals surface area contributed by atoms with Gasteiger partial charge in [0.2, 0.25) is 0 Å². The second kappa shape index (κ2) is 3.38. The highest BCUT2D eigenvalue weighted by molar-refractivity contribution is 5.48. The van der Waals surface area contributed by atoms with Gasteiger partial charge in [0, 0.05) is 11.7 Å². The van der Waals surface area contributed by atoms with E-state index in [1.807, 2.05) is 6.07 Å². The molecule has 1 unspecified atom stereocenters. The summed E-state index contributed by atoms with van der Waals surface area (Å²) in [7, 11) is 0. The average molecular weight is 176 g/mol. The Labute approximate surface area is 79.1 Å². The molecule has 1 saturated heterocycles. The van der Waals surface area contributed by atoms with Crippen LogP contribution in [0.4, 0.5) is 5.69 Å². The lowest BCUT2D eigenvalue weighted by Gasteiger charge is -2.11. The van der Waals surface area contributed by atoms with Crippen LogP contribution in [0, 0.1) is 6.92 Å². The molecule has 0 bridgehead atoms. The van der Waals surface area contributed by atoms with Gasteiger partial charge in [0.05, 0.1) is 0 Å². The van der Waals surface area contributed by atoms with E-state index in [9.17, 15) is 0 Å². The van der Waals surface area contributed by atoms with Gasteiger partial charge in [0.25, 0.3) is 0 Å². The highest BCUT2D eigenvalue weighted by Crippen LogP contribution is 2.25. The van der Waals surface area contributed by atoms with Gasteiger partial charge in [0.15, 0.2) is 0 Å². The van der Waals surface area contributed by atoms with Crippen LogP contribution in [-0.2, 0) is 0 Å². The van der Waals surface area contributed by atoms with Crippen molar-refractivity contribution in [3.8, 4) is 0 Å². The standard InChI is InChI=1S/C11H16N2/c1-8-7-9(4-5-10(8)12)11-3-2-6-13-11/h4-5,7,11,13H,2-3,6,12H2,1H3. The lowest BCUT2D eigenvalue weighted by Crippen LogP contribution is -2.12. The molecule has 0 spiro atoms. The van der Waals surface area contributed by atoms with Crippen molar-refractivity contribution in [1.29, 1.82) is 0 Å². The Balaban J connectivity index is 2.25. The smallest absolute Gasteiger partial charge is 0.0343 e. The third-order valence-electron chi connectivity index (χ3n) is 2.76. The summed E-state index contributed by atoms with van der Waals surface area (Å²) in [4.78, 5) is 0. The van der Waals surface area contributed by atoms with Crippen LogP contribution in [0.1, 0.15) is 30.0 Å². The third-order valence-corrected chi connectivity index (χ3v) is 2.76. The van der Waals surface area contributed by atoms with Crippen molar-refractivity contribution in [3.05, 3.63) is 29.3 Å². The maximum Gasteiger partial charge on any atom is 0.0343 e. The van der Waals surface area contributed by atoms with Crippen LogP contribution >= 0.6 is 0 Å². The van der Waals surface area contributed by atoms with Crippen LogP contribution < -0.4 is 11.1 Å². The van der Waals surface area contributed by atoms with E-state index in [0.717, 1.165) is 12.2 Å². The molecule has 1 aromatic rings. The summed E-state index contributed by atoms with van der Waals surface area (Å²) in [5, 5.41) is 3.48. The Bertz CT molecular complexity index is 301. The molecule has 1 aliphatic heterocycles. The molecule has 0 aromatic heterocycles. The first kappa shape index (κ1) is 8.57. The van der Waals surface area contributed by atoms with Gasteiger partial charge in [-0.1, -0.05) is 12.1 Å². The maximum atomic E-state index is 5.77. The number of benzene rings is 1. The summed E-state index contributed by atoms with van der Waals surface area (Å²) < 4.78 is 0. The molecule has 1 aliphatic rings. The minimum absolute atomic E-state index is 0.555. The van der Waals surface area contributed by atoms with E-state index < -0.39 is 0 Å². The molecular weight excluding hydrogens is 160 g/mol. The number of anilines is 1. The summed E-state index contributed by atoms with van der Waals surface area (Å²) >= 11 is 0. The molecule has 13 heavy (non-hydrogen) atoms. The molecule has 2 rings (SSSR count). The molecule has 1 aromatic carbocycles. The molecule has 1 heterocycles. The Hall–Kier alpha value is -1.02. The summed E-state index contributed by atoms with van der Waals surface area (Å²) in [6.07, 6.45) is 2.54. The minimum atomic E-state index is 0.555. The van der Waals surface area contributed by atoms with Crippen molar-refractivity contribution in [2.24, 2.45) is 0 Å². The zero-order chi connectivity index (χ0) is 9.26. The fourth-order valence-corrected chi connectivity index (χ4v) is 1.88. The Morgan fingerprint density at radius 1 is 1.46 bits per heavy atom. The van der Waals surface area contributed by atoms with Gasteiger partial charge in [-0.2, -0.15) is 0 Å². The van der Waals surface area contributed by atoms with Gasteiger partial charge in [-0.25, -0.2) is 0 Å². The highest BCUT2D eigenvalue weighted by Gasteiger charge is 2.15. The lowest BCUT2D eigenvalue weighted by atomic mass is 10.0. The fourth-order valence-electron chi connectivity index (χ4n) is 1.88. The minimum Gasteiger partial charge on any atom is -0.399 e. The van der Waals surface area contributed by atoms with E-state index in [0.29, 0.717) is 6.04 Å². The Morgan fingerprint density at radius 2 is 2.31 bits per heavy atom. The second-order valence-electron chi connectivity index (χ2n) is 3.76. The predicted molar refractivity (Wildman–Crippen MR) is 55.6 cm³/mol. The van der Waals surface area contributed by atoms with Gasteiger partial charge in [-0.05, 0) is 43.5 Å². The fraction of sp³-hybridized carbons (Fsp3) is 0.455. The first-order chi connectivity index (χ1) is 6.27. The first-order valence-electron chi connectivity index (χ1n) is 4.87. The van der Waals surface area contributed by atoms with Crippen molar-refractivity contribution in [3.63, 3.8) is 0 Å². The average Bonchev–Trinajstić information content (AvgIpc) is 2.62. The van der Waals surface area contributed by atoms with Crippen LogP contribution in [0.15, 0.2) is 18.2 Å². The topological polar surface area (TPSA) is 38.0 Å². The maximum absolute atomic E-state index is 5.77.